The Labute approximate surface area is 162 Å². The van der Waals surface area contributed by atoms with Crippen molar-refractivity contribution in [2.75, 3.05) is 5.32 Å². The topological polar surface area (TPSA) is 71.1 Å². The fourth-order valence-corrected chi connectivity index (χ4v) is 4.64. The van der Waals surface area contributed by atoms with Crippen LogP contribution in [0.5, 0.6) is 0 Å². The largest absolute Gasteiger partial charge is 0.416 e. The van der Waals surface area contributed by atoms with Gasteiger partial charge in [-0.25, -0.2) is 14.0 Å². The lowest BCUT2D eigenvalue weighted by Crippen LogP contribution is -2.31. The third-order valence-electron chi connectivity index (χ3n) is 5.15. The lowest BCUT2D eigenvalue weighted by molar-refractivity contribution is -0.137. The summed E-state index contributed by atoms with van der Waals surface area (Å²) in [7, 11) is -2.20. The third kappa shape index (κ3) is 3.63. The van der Waals surface area contributed by atoms with E-state index in [-0.39, 0.29) is 5.03 Å². The molecule has 2 aromatic rings. The van der Waals surface area contributed by atoms with Crippen LogP contribution in [0.2, 0.25) is 0 Å². The van der Waals surface area contributed by atoms with Crippen LogP contribution in [0.1, 0.15) is 40.7 Å². The lowest BCUT2D eigenvalue weighted by Gasteiger charge is -2.16. The zero-order valence-electron chi connectivity index (χ0n) is 14.9. The summed E-state index contributed by atoms with van der Waals surface area (Å²) in [6, 6.07) is 2.97. The number of pyridine rings is 1. The molecule has 2 aliphatic carbocycles. The molecular formula is C19H18F3N3O2S. The number of hydrogen-bond donors (Lipinski definition) is 2. The normalized spacial score (nSPS) is 16.4. The molecule has 1 aromatic heterocycles. The number of nitrogens with one attached hydrogen (secondary N) is 2. The van der Waals surface area contributed by atoms with E-state index in [1.54, 1.807) is 0 Å². The second-order valence-electron chi connectivity index (χ2n) is 6.94. The van der Waals surface area contributed by atoms with Crippen molar-refractivity contribution in [3.8, 4) is 0 Å². The number of nitrogens with zero attached hydrogens (tertiary/aromatic N) is 1. The number of urea groups is 1. The van der Waals surface area contributed by atoms with Gasteiger partial charge >= 0.3 is 12.2 Å². The number of hydrogen-bond acceptors (Lipinski definition) is 3. The van der Waals surface area contributed by atoms with Crippen LogP contribution in [0.25, 0.3) is 0 Å². The fourth-order valence-electron chi connectivity index (χ4n) is 3.93. The Bertz CT molecular complexity index is 943. The van der Waals surface area contributed by atoms with E-state index in [1.165, 1.54) is 11.1 Å². The van der Waals surface area contributed by atoms with E-state index < -0.39 is 28.8 Å². The molecule has 1 heterocycles. The van der Waals surface area contributed by atoms with Crippen molar-refractivity contribution in [1.82, 2.24) is 9.71 Å². The first-order chi connectivity index (χ1) is 13.3. The first kappa shape index (κ1) is 18.9. The average Bonchev–Trinajstić information content (AvgIpc) is 3.30. The summed E-state index contributed by atoms with van der Waals surface area (Å²) in [5.74, 6) is 0. The second-order valence-corrected chi connectivity index (χ2v) is 8.10. The van der Waals surface area contributed by atoms with Gasteiger partial charge in [-0.15, -0.1) is 0 Å². The highest BCUT2D eigenvalue weighted by Crippen LogP contribution is 2.38. The van der Waals surface area contributed by atoms with Crippen LogP contribution in [-0.2, 0) is 42.8 Å². The first-order valence-electron chi connectivity index (χ1n) is 9.02. The number of halogens is 3. The first-order valence-corrected chi connectivity index (χ1v) is 10.2. The molecule has 0 spiro atoms. The molecule has 2 aliphatic rings. The van der Waals surface area contributed by atoms with Crippen molar-refractivity contribution in [3.63, 3.8) is 0 Å². The summed E-state index contributed by atoms with van der Waals surface area (Å²) in [5, 5.41) is 2.44. The summed E-state index contributed by atoms with van der Waals surface area (Å²) in [6.45, 7) is 0. The molecule has 5 nitrogen and oxygen atoms in total. The van der Waals surface area contributed by atoms with E-state index in [9.17, 15) is 22.2 Å². The number of carbonyl (C=O) groups is 1. The number of anilines is 1. The molecule has 0 saturated carbocycles. The van der Waals surface area contributed by atoms with Gasteiger partial charge in [0, 0.05) is 11.9 Å². The van der Waals surface area contributed by atoms with Gasteiger partial charge in [-0.3, -0.25) is 4.72 Å². The number of carbonyl (C=O) groups excluding carboxylic acids is 1. The highest BCUT2D eigenvalue weighted by atomic mass is 32.2. The van der Waals surface area contributed by atoms with Crippen LogP contribution in [0.4, 0.5) is 23.7 Å². The van der Waals surface area contributed by atoms with Crippen LogP contribution in [0.3, 0.4) is 0 Å². The lowest BCUT2D eigenvalue weighted by atomic mass is 9.99. The molecular weight excluding hydrogens is 391 g/mol. The highest BCUT2D eigenvalue weighted by Gasteiger charge is 2.31. The van der Waals surface area contributed by atoms with Crippen LogP contribution in [0.15, 0.2) is 29.4 Å². The fraction of sp³-hybridized carbons (Fsp3) is 0.368. The summed E-state index contributed by atoms with van der Waals surface area (Å²) >= 11 is 0. The van der Waals surface area contributed by atoms with Gasteiger partial charge in [0.05, 0.1) is 5.56 Å². The SMILES string of the molecule is O=C(Nc1c2c(cc3c1CCC3)CCC2)NS(=O)c1cc(C(F)(F)F)ccn1. The number of aryl methyl sites for hydroxylation is 2. The van der Waals surface area contributed by atoms with Gasteiger partial charge in [-0.2, -0.15) is 13.2 Å². The average molecular weight is 409 g/mol. The van der Waals surface area contributed by atoms with E-state index >= 15 is 0 Å². The number of rotatable bonds is 3. The van der Waals surface area contributed by atoms with Crippen LogP contribution in [-0.4, -0.2) is 15.2 Å². The predicted octanol–water partition coefficient (Wildman–Crippen LogP) is 3.92. The maximum absolute atomic E-state index is 12.8. The standard InChI is InChI=1S/C19H18F3N3O2S/c20-19(21,22)13-7-8-23-16(10-13)28(27)25-18(26)24-17-14-5-1-3-11(14)9-12-4-2-6-15(12)17/h7-10H,1-6H2,(H2,24,25,26). The third-order valence-corrected chi connectivity index (χ3v) is 6.12. The van der Waals surface area contributed by atoms with Gasteiger partial charge < -0.3 is 5.32 Å². The maximum Gasteiger partial charge on any atom is 0.416 e. The van der Waals surface area contributed by atoms with Crippen molar-refractivity contribution in [3.05, 3.63) is 52.2 Å². The maximum atomic E-state index is 12.8. The zero-order valence-corrected chi connectivity index (χ0v) is 15.7. The molecule has 148 valence electrons. The smallest absolute Gasteiger partial charge is 0.307 e. The van der Waals surface area contributed by atoms with Gasteiger partial charge in [0.25, 0.3) is 0 Å². The molecule has 4 rings (SSSR count). The molecule has 0 fully saturated rings. The Morgan fingerprint density at radius 2 is 1.68 bits per heavy atom. The Hall–Kier alpha value is -2.42. The Balaban J connectivity index is 1.53. The van der Waals surface area contributed by atoms with Gasteiger partial charge in [0.1, 0.15) is 5.03 Å². The minimum atomic E-state index is -4.57. The predicted molar refractivity (Wildman–Crippen MR) is 98.3 cm³/mol. The molecule has 9 heteroatoms. The molecule has 1 aromatic carbocycles. The summed E-state index contributed by atoms with van der Waals surface area (Å²) in [6.07, 6.45) is 2.08. The number of aromatic nitrogens is 1. The van der Waals surface area contributed by atoms with E-state index in [0.717, 1.165) is 67.6 Å². The molecule has 0 radical (unpaired) electrons. The van der Waals surface area contributed by atoms with E-state index in [2.05, 4.69) is 21.1 Å². The van der Waals surface area contributed by atoms with Crippen LogP contribution < -0.4 is 10.0 Å². The highest BCUT2D eigenvalue weighted by molar-refractivity contribution is 7.83. The van der Waals surface area contributed by atoms with Gasteiger partial charge in [0.2, 0.25) is 0 Å². The van der Waals surface area contributed by atoms with Crippen LogP contribution in [0, 0.1) is 0 Å². The number of fused-ring (bicyclic) bond motifs is 2. The minimum Gasteiger partial charge on any atom is -0.307 e. The molecule has 28 heavy (non-hydrogen) atoms. The summed E-state index contributed by atoms with van der Waals surface area (Å²) in [5.41, 5.74) is 4.49. The molecule has 1 unspecified atom stereocenters. The minimum absolute atomic E-state index is 0.353. The second kappa shape index (κ2) is 7.20. The van der Waals surface area contributed by atoms with Crippen molar-refractivity contribution in [2.45, 2.75) is 49.7 Å². The Morgan fingerprint density at radius 1 is 1.04 bits per heavy atom. The zero-order chi connectivity index (χ0) is 19.9. The molecule has 0 aliphatic heterocycles. The number of alkyl halides is 3. The molecule has 1 atom stereocenters. The van der Waals surface area contributed by atoms with E-state index in [4.69, 9.17) is 0 Å². The number of amides is 2. The molecule has 0 bridgehead atoms. The van der Waals surface area contributed by atoms with E-state index in [1.807, 2.05) is 0 Å². The Morgan fingerprint density at radius 3 is 2.29 bits per heavy atom. The van der Waals surface area contributed by atoms with Crippen molar-refractivity contribution in [1.29, 1.82) is 0 Å². The summed E-state index contributed by atoms with van der Waals surface area (Å²) in [4.78, 5) is 16.1. The van der Waals surface area contributed by atoms with Crippen molar-refractivity contribution in [2.24, 2.45) is 0 Å². The van der Waals surface area contributed by atoms with Gasteiger partial charge in [0.15, 0.2) is 11.0 Å². The van der Waals surface area contributed by atoms with E-state index in [0.29, 0.717) is 6.07 Å². The molecule has 2 amide bonds. The Kier molecular flexibility index (Phi) is 4.86. The quantitative estimate of drug-likeness (QED) is 0.807. The van der Waals surface area contributed by atoms with Crippen molar-refractivity contribution >= 4 is 22.7 Å². The van der Waals surface area contributed by atoms with Crippen LogP contribution >= 0.6 is 0 Å². The monoisotopic (exact) mass is 409 g/mol. The molecule has 0 saturated heterocycles. The van der Waals surface area contributed by atoms with Gasteiger partial charge in [-0.05, 0) is 72.9 Å². The summed E-state index contributed by atoms with van der Waals surface area (Å²) < 4.78 is 52.9. The number of benzene rings is 1. The van der Waals surface area contributed by atoms with Crippen molar-refractivity contribution < 1.29 is 22.2 Å². The molecule has 2 N–H and O–H groups in total. The van der Waals surface area contributed by atoms with Gasteiger partial charge in [-0.1, -0.05) is 6.07 Å².